The van der Waals surface area contributed by atoms with E-state index in [1.165, 1.54) is 0 Å². The molecule has 3 atom stereocenters. The fraction of sp³-hybridized carbons (Fsp3) is 0.824. The third kappa shape index (κ3) is 6.51. The minimum Gasteiger partial charge on any atom is -0.480 e. The van der Waals surface area contributed by atoms with Gasteiger partial charge in [-0.25, -0.2) is 4.79 Å². The summed E-state index contributed by atoms with van der Waals surface area (Å²) in [5.41, 5.74) is 5.93. The van der Waals surface area contributed by atoms with E-state index >= 15 is 0 Å². The summed E-state index contributed by atoms with van der Waals surface area (Å²) in [7, 11) is 0. The summed E-state index contributed by atoms with van der Waals surface area (Å²) in [5, 5.41) is 11.9. The number of hydrogen-bond acceptors (Lipinski definition) is 5. The maximum absolute atomic E-state index is 12.4. The second-order valence-electron chi connectivity index (χ2n) is 6.70. The van der Waals surface area contributed by atoms with Crippen LogP contribution < -0.4 is 11.1 Å². The number of carbonyl (C=O) groups excluding carboxylic acids is 2. The van der Waals surface area contributed by atoms with Gasteiger partial charge in [-0.15, -0.1) is 0 Å². The van der Waals surface area contributed by atoms with E-state index in [4.69, 9.17) is 5.73 Å². The van der Waals surface area contributed by atoms with Crippen molar-refractivity contribution in [1.29, 1.82) is 0 Å². The molecule has 8 heteroatoms. The minimum absolute atomic E-state index is 0.0593. The summed E-state index contributed by atoms with van der Waals surface area (Å²) in [6, 6.07) is -1.35. The predicted octanol–water partition coefficient (Wildman–Crippen LogP) is 0.921. The fourth-order valence-corrected chi connectivity index (χ4v) is 3.41. The molecule has 25 heavy (non-hydrogen) atoms. The number of carbonyl (C=O) groups is 3. The van der Waals surface area contributed by atoms with Crippen LogP contribution in [0.15, 0.2) is 0 Å². The van der Waals surface area contributed by atoms with Crippen LogP contribution in [-0.2, 0) is 14.4 Å². The average molecular weight is 374 g/mol. The van der Waals surface area contributed by atoms with E-state index in [0.29, 0.717) is 38.8 Å². The third-order valence-electron chi connectivity index (χ3n) is 4.90. The van der Waals surface area contributed by atoms with Crippen molar-refractivity contribution < 1.29 is 19.5 Å². The second-order valence-corrected chi connectivity index (χ2v) is 7.68. The van der Waals surface area contributed by atoms with Gasteiger partial charge >= 0.3 is 5.97 Å². The number of thioether (sulfide) groups is 1. The molecule has 1 aliphatic heterocycles. The molecule has 0 radical (unpaired) electrons. The number of nitrogens with two attached hydrogens (primary N) is 1. The molecule has 1 fully saturated rings. The Morgan fingerprint density at radius 1 is 1.32 bits per heavy atom. The molecule has 0 spiro atoms. The number of rotatable bonds is 9. The van der Waals surface area contributed by atoms with Crippen molar-refractivity contribution in [2.75, 3.05) is 25.1 Å². The largest absolute Gasteiger partial charge is 0.480 e. The van der Waals surface area contributed by atoms with Gasteiger partial charge in [0, 0.05) is 19.0 Å². The zero-order chi connectivity index (χ0) is 19.0. The average Bonchev–Trinajstić information content (AvgIpc) is 2.62. The first-order chi connectivity index (χ1) is 11.8. The zero-order valence-corrected chi connectivity index (χ0v) is 16.2. The highest BCUT2D eigenvalue weighted by Gasteiger charge is 2.32. The first kappa shape index (κ1) is 21.8. The number of hydrogen-bond donors (Lipinski definition) is 3. The Morgan fingerprint density at radius 3 is 2.40 bits per heavy atom. The Labute approximate surface area is 154 Å². The molecule has 7 nitrogen and oxygen atoms in total. The summed E-state index contributed by atoms with van der Waals surface area (Å²) in [5.74, 6) is -0.828. The zero-order valence-electron chi connectivity index (χ0n) is 15.4. The number of amides is 2. The smallest absolute Gasteiger partial charge is 0.326 e. The first-order valence-corrected chi connectivity index (χ1v) is 10.3. The molecule has 0 aromatic carbocycles. The Morgan fingerprint density at radius 2 is 1.92 bits per heavy atom. The number of nitrogens with zero attached hydrogens (tertiary/aromatic N) is 1. The van der Waals surface area contributed by atoms with Gasteiger partial charge in [-0.05, 0) is 37.2 Å². The molecule has 0 bridgehead atoms. The molecule has 2 amide bonds. The molecule has 0 saturated carbocycles. The Bertz CT molecular complexity index is 467. The summed E-state index contributed by atoms with van der Waals surface area (Å²) in [6.45, 7) is 4.70. The SMILES string of the molecule is CCC(C)C(NC(=O)C1CCN(C(=O)C(N)CCSC)CC1)C(=O)O. The molecule has 4 N–H and O–H groups in total. The highest BCUT2D eigenvalue weighted by atomic mass is 32.2. The molecular weight excluding hydrogens is 342 g/mol. The normalized spacial score (nSPS) is 19.1. The van der Waals surface area contributed by atoms with Crippen molar-refractivity contribution in [3.63, 3.8) is 0 Å². The predicted molar refractivity (Wildman–Crippen MR) is 99.3 cm³/mol. The third-order valence-corrected chi connectivity index (χ3v) is 5.55. The van der Waals surface area contributed by atoms with Crippen LogP contribution in [0.2, 0.25) is 0 Å². The lowest BCUT2D eigenvalue weighted by molar-refractivity contribution is -0.144. The van der Waals surface area contributed by atoms with Gasteiger partial charge in [0.25, 0.3) is 0 Å². The molecule has 0 aromatic rings. The number of piperidine rings is 1. The Kier molecular flexibility index (Phi) is 9.27. The number of carboxylic acid groups (broad SMARTS) is 1. The lowest BCUT2D eigenvalue weighted by Gasteiger charge is -2.33. The van der Waals surface area contributed by atoms with E-state index in [1.54, 1.807) is 16.7 Å². The van der Waals surface area contributed by atoms with Crippen LogP contribution in [0.3, 0.4) is 0 Å². The van der Waals surface area contributed by atoms with Gasteiger partial charge in [-0.3, -0.25) is 9.59 Å². The highest BCUT2D eigenvalue weighted by Crippen LogP contribution is 2.19. The van der Waals surface area contributed by atoms with E-state index in [-0.39, 0.29) is 23.7 Å². The Balaban J connectivity index is 2.51. The first-order valence-electron chi connectivity index (χ1n) is 8.88. The van der Waals surface area contributed by atoms with E-state index in [0.717, 1.165) is 5.75 Å². The molecule has 0 aliphatic carbocycles. The molecule has 0 aromatic heterocycles. The lowest BCUT2D eigenvalue weighted by atomic mass is 9.93. The fourth-order valence-electron chi connectivity index (χ4n) is 2.92. The van der Waals surface area contributed by atoms with Gasteiger partial charge in [-0.1, -0.05) is 20.3 Å². The molecule has 1 saturated heterocycles. The van der Waals surface area contributed by atoms with Gasteiger partial charge in [0.15, 0.2) is 0 Å². The van der Waals surface area contributed by atoms with Gasteiger partial charge in [-0.2, -0.15) is 11.8 Å². The minimum atomic E-state index is -1.00. The summed E-state index contributed by atoms with van der Waals surface area (Å²) in [4.78, 5) is 37.7. The van der Waals surface area contributed by atoms with Gasteiger partial charge in [0.05, 0.1) is 6.04 Å². The van der Waals surface area contributed by atoms with E-state index in [2.05, 4.69) is 5.32 Å². The van der Waals surface area contributed by atoms with Gasteiger partial charge < -0.3 is 21.1 Å². The van der Waals surface area contributed by atoms with Crippen molar-refractivity contribution in [2.45, 2.75) is 51.6 Å². The van der Waals surface area contributed by atoms with Crippen LogP contribution in [0.5, 0.6) is 0 Å². The van der Waals surface area contributed by atoms with Crippen LogP contribution in [0.4, 0.5) is 0 Å². The number of likely N-dealkylation sites (tertiary alicyclic amines) is 1. The maximum Gasteiger partial charge on any atom is 0.326 e. The van der Waals surface area contributed by atoms with Gasteiger partial charge in [0.1, 0.15) is 6.04 Å². The second kappa shape index (κ2) is 10.7. The Hall–Kier alpha value is -1.28. The quantitative estimate of drug-likeness (QED) is 0.554. The van der Waals surface area contributed by atoms with Crippen LogP contribution in [0.1, 0.15) is 39.5 Å². The van der Waals surface area contributed by atoms with Crippen LogP contribution in [0.25, 0.3) is 0 Å². The molecule has 3 unspecified atom stereocenters. The summed E-state index contributed by atoms with van der Waals surface area (Å²) < 4.78 is 0. The maximum atomic E-state index is 12.4. The van der Waals surface area contributed by atoms with Crippen LogP contribution in [0, 0.1) is 11.8 Å². The van der Waals surface area contributed by atoms with E-state index < -0.39 is 18.1 Å². The summed E-state index contributed by atoms with van der Waals surface area (Å²) in [6.07, 6.45) is 4.39. The van der Waals surface area contributed by atoms with Crippen LogP contribution in [-0.4, -0.2) is 65.0 Å². The number of carboxylic acids is 1. The summed E-state index contributed by atoms with van der Waals surface area (Å²) >= 11 is 1.66. The van der Waals surface area contributed by atoms with Gasteiger partial charge in [0.2, 0.25) is 11.8 Å². The number of nitrogens with one attached hydrogen (secondary N) is 1. The molecule has 1 rings (SSSR count). The number of aliphatic carboxylic acids is 1. The molecular formula is C17H31N3O4S. The lowest BCUT2D eigenvalue weighted by Crippen LogP contribution is -2.51. The molecule has 1 aliphatic rings. The van der Waals surface area contributed by atoms with Crippen molar-refractivity contribution in [3.05, 3.63) is 0 Å². The van der Waals surface area contributed by atoms with Crippen molar-refractivity contribution in [1.82, 2.24) is 10.2 Å². The van der Waals surface area contributed by atoms with Crippen molar-refractivity contribution >= 4 is 29.5 Å². The van der Waals surface area contributed by atoms with E-state index in [9.17, 15) is 19.5 Å². The highest BCUT2D eigenvalue weighted by molar-refractivity contribution is 7.98. The molecule has 144 valence electrons. The topological polar surface area (TPSA) is 113 Å². The molecule has 1 heterocycles. The van der Waals surface area contributed by atoms with Crippen molar-refractivity contribution in [2.24, 2.45) is 17.6 Å². The standard InChI is InChI=1S/C17H31N3O4S/c1-4-11(2)14(17(23)24)19-15(21)12-5-8-20(9-6-12)16(22)13(18)7-10-25-3/h11-14H,4-10,18H2,1-3H3,(H,19,21)(H,23,24). The van der Waals surface area contributed by atoms with Crippen LogP contribution >= 0.6 is 11.8 Å². The monoisotopic (exact) mass is 373 g/mol. The van der Waals surface area contributed by atoms with E-state index in [1.807, 2.05) is 20.1 Å². The van der Waals surface area contributed by atoms with Crippen molar-refractivity contribution in [3.8, 4) is 0 Å².